The lowest BCUT2D eigenvalue weighted by atomic mass is 9.98. The van der Waals surface area contributed by atoms with Gasteiger partial charge in [0.05, 0.1) is 6.07 Å². The molecule has 3 N–H and O–H groups in total. The van der Waals surface area contributed by atoms with E-state index in [0.29, 0.717) is 16.8 Å². The van der Waals surface area contributed by atoms with Gasteiger partial charge < -0.3 is 11.1 Å². The third-order valence-electron chi connectivity index (χ3n) is 2.97. The largest absolute Gasteiger partial charge is 0.368 e. The first-order valence-corrected chi connectivity index (χ1v) is 6.27. The zero-order valence-corrected chi connectivity index (χ0v) is 11.1. The van der Waals surface area contributed by atoms with E-state index in [9.17, 15) is 9.59 Å². The van der Waals surface area contributed by atoms with Crippen molar-refractivity contribution in [3.8, 4) is 6.07 Å². The Labute approximate surface area is 122 Å². The Balaban J connectivity index is 2.31. The number of nitrogens with zero attached hydrogens (tertiary/aromatic N) is 1. The van der Waals surface area contributed by atoms with Crippen LogP contribution in [0.2, 0.25) is 0 Å². The lowest BCUT2D eigenvalue weighted by molar-refractivity contribution is -0.118. The van der Waals surface area contributed by atoms with Crippen LogP contribution in [0.25, 0.3) is 0 Å². The Morgan fingerprint density at radius 3 is 2.29 bits per heavy atom. The maximum absolute atomic E-state index is 12.1. The molecule has 0 aliphatic rings. The van der Waals surface area contributed by atoms with E-state index in [4.69, 9.17) is 11.0 Å². The first kappa shape index (κ1) is 14.3. The summed E-state index contributed by atoms with van der Waals surface area (Å²) in [7, 11) is 0. The molecule has 0 saturated carbocycles. The Bertz CT molecular complexity index is 705. The predicted molar refractivity (Wildman–Crippen MR) is 78.4 cm³/mol. The lowest BCUT2D eigenvalue weighted by Gasteiger charge is -2.13. The van der Waals surface area contributed by atoms with Gasteiger partial charge in [-0.3, -0.25) is 9.59 Å². The first-order valence-electron chi connectivity index (χ1n) is 6.27. The fourth-order valence-corrected chi connectivity index (χ4v) is 1.93. The van der Waals surface area contributed by atoms with Gasteiger partial charge in [-0.25, -0.2) is 0 Å². The zero-order valence-electron chi connectivity index (χ0n) is 11.1. The number of amides is 2. The summed E-state index contributed by atoms with van der Waals surface area (Å²) < 4.78 is 0. The molecule has 0 radical (unpaired) electrons. The van der Waals surface area contributed by atoms with E-state index >= 15 is 0 Å². The molecule has 0 spiro atoms. The number of para-hydroxylation sites is 1. The molecule has 2 amide bonds. The number of carbonyl (C=O) groups is 2. The normalized spacial score (nSPS) is 11.2. The molecule has 0 heterocycles. The van der Waals surface area contributed by atoms with Crippen molar-refractivity contribution in [3.63, 3.8) is 0 Å². The fourth-order valence-electron chi connectivity index (χ4n) is 1.93. The van der Waals surface area contributed by atoms with Gasteiger partial charge >= 0.3 is 0 Å². The van der Waals surface area contributed by atoms with Crippen molar-refractivity contribution >= 4 is 17.5 Å². The molecule has 1 unspecified atom stereocenters. The summed E-state index contributed by atoms with van der Waals surface area (Å²) in [6.07, 6.45) is 0. The van der Waals surface area contributed by atoms with Crippen LogP contribution in [0.1, 0.15) is 21.8 Å². The second kappa shape index (κ2) is 6.35. The predicted octanol–water partition coefficient (Wildman–Crippen LogP) is 2.03. The van der Waals surface area contributed by atoms with E-state index in [1.54, 1.807) is 48.5 Å². The molecule has 5 heteroatoms. The maximum Gasteiger partial charge on any atom is 0.255 e. The summed E-state index contributed by atoms with van der Waals surface area (Å²) in [4.78, 5) is 23.5. The Morgan fingerprint density at radius 1 is 1.05 bits per heavy atom. The second-order valence-corrected chi connectivity index (χ2v) is 4.37. The van der Waals surface area contributed by atoms with Gasteiger partial charge in [-0.15, -0.1) is 0 Å². The second-order valence-electron chi connectivity index (χ2n) is 4.37. The van der Waals surface area contributed by atoms with E-state index < -0.39 is 11.8 Å². The van der Waals surface area contributed by atoms with Gasteiger partial charge in [-0.05, 0) is 18.2 Å². The summed E-state index contributed by atoms with van der Waals surface area (Å²) in [5.74, 6) is -2.17. The van der Waals surface area contributed by atoms with E-state index in [2.05, 4.69) is 5.32 Å². The van der Waals surface area contributed by atoms with Crippen molar-refractivity contribution in [2.45, 2.75) is 5.92 Å². The number of anilines is 1. The molecule has 0 aromatic heterocycles. The number of nitrogens with two attached hydrogens (primary N) is 1. The third kappa shape index (κ3) is 3.25. The van der Waals surface area contributed by atoms with Crippen LogP contribution in [0.3, 0.4) is 0 Å². The molecular formula is C16H13N3O2. The van der Waals surface area contributed by atoms with Gasteiger partial charge in [-0.2, -0.15) is 5.26 Å². The van der Waals surface area contributed by atoms with Crippen molar-refractivity contribution < 1.29 is 9.59 Å². The molecule has 1 atom stereocenters. The van der Waals surface area contributed by atoms with Gasteiger partial charge in [-0.1, -0.05) is 36.4 Å². The molecule has 0 saturated heterocycles. The quantitative estimate of drug-likeness (QED) is 0.896. The van der Waals surface area contributed by atoms with E-state index in [0.717, 1.165) is 0 Å². The number of benzene rings is 2. The molecule has 0 fully saturated rings. The van der Waals surface area contributed by atoms with Crippen LogP contribution < -0.4 is 11.1 Å². The molecular weight excluding hydrogens is 266 g/mol. The highest BCUT2D eigenvalue weighted by atomic mass is 16.2. The minimum atomic E-state index is -1.10. The smallest absolute Gasteiger partial charge is 0.255 e. The maximum atomic E-state index is 12.1. The number of carbonyl (C=O) groups excluding carboxylic acids is 2. The number of nitriles is 1. The minimum absolute atomic E-state index is 0.316. The number of primary amides is 1. The average molecular weight is 279 g/mol. The van der Waals surface area contributed by atoms with Crippen molar-refractivity contribution in [1.82, 2.24) is 0 Å². The highest BCUT2D eigenvalue weighted by Gasteiger charge is 2.21. The highest BCUT2D eigenvalue weighted by molar-refractivity contribution is 6.05. The summed E-state index contributed by atoms with van der Waals surface area (Å²) >= 11 is 0. The van der Waals surface area contributed by atoms with Crippen LogP contribution in [-0.4, -0.2) is 11.8 Å². The molecule has 2 aromatic carbocycles. The summed E-state index contributed by atoms with van der Waals surface area (Å²) in [5.41, 5.74) is 6.49. The Morgan fingerprint density at radius 2 is 1.67 bits per heavy atom. The highest BCUT2D eigenvalue weighted by Crippen LogP contribution is 2.24. The number of hydrogen-bond donors (Lipinski definition) is 2. The van der Waals surface area contributed by atoms with Crippen LogP contribution in [0.5, 0.6) is 0 Å². The number of rotatable bonds is 4. The molecule has 5 nitrogen and oxygen atoms in total. The molecule has 21 heavy (non-hydrogen) atoms. The summed E-state index contributed by atoms with van der Waals surface area (Å²) in [5, 5.41) is 11.8. The van der Waals surface area contributed by atoms with Crippen molar-refractivity contribution in [1.29, 1.82) is 5.26 Å². The molecule has 0 bridgehead atoms. The van der Waals surface area contributed by atoms with Gasteiger partial charge in [0.2, 0.25) is 5.91 Å². The van der Waals surface area contributed by atoms with Gasteiger partial charge in [0.15, 0.2) is 5.92 Å². The fraction of sp³-hybridized carbons (Fsp3) is 0.0625. The van der Waals surface area contributed by atoms with Crippen LogP contribution in [0.4, 0.5) is 5.69 Å². The zero-order chi connectivity index (χ0) is 15.2. The molecule has 0 aliphatic carbocycles. The topological polar surface area (TPSA) is 96.0 Å². The molecule has 104 valence electrons. The lowest BCUT2D eigenvalue weighted by Crippen LogP contribution is -2.22. The number of nitrogens with one attached hydrogen (secondary N) is 1. The Hall–Kier alpha value is -3.13. The van der Waals surface area contributed by atoms with Crippen LogP contribution >= 0.6 is 0 Å². The van der Waals surface area contributed by atoms with Crippen LogP contribution in [-0.2, 0) is 4.79 Å². The monoisotopic (exact) mass is 279 g/mol. The minimum Gasteiger partial charge on any atom is -0.368 e. The average Bonchev–Trinajstić information content (AvgIpc) is 2.50. The van der Waals surface area contributed by atoms with Crippen molar-refractivity contribution in [2.75, 3.05) is 5.32 Å². The van der Waals surface area contributed by atoms with E-state index in [1.165, 1.54) is 0 Å². The van der Waals surface area contributed by atoms with E-state index in [-0.39, 0.29) is 5.91 Å². The van der Waals surface area contributed by atoms with Crippen molar-refractivity contribution in [2.24, 2.45) is 5.73 Å². The summed E-state index contributed by atoms with van der Waals surface area (Å²) in [6, 6.07) is 17.1. The van der Waals surface area contributed by atoms with E-state index in [1.807, 2.05) is 12.1 Å². The molecule has 2 aromatic rings. The molecule has 2 rings (SSSR count). The number of hydrogen-bond acceptors (Lipinski definition) is 3. The standard InChI is InChI=1S/C16H13N3O2/c17-10-13(15(18)20)12-8-4-5-9-14(12)19-16(21)11-6-2-1-3-7-11/h1-9,13H,(H2,18,20)(H,19,21). The van der Waals surface area contributed by atoms with Crippen molar-refractivity contribution in [3.05, 3.63) is 65.7 Å². The van der Waals surface area contributed by atoms with Gasteiger partial charge in [0.1, 0.15) is 0 Å². The Kier molecular flexibility index (Phi) is 4.32. The molecule has 0 aliphatic heterocycles. The SMILES string of the molecule is N#CC(C(N)=O)c1ccccc1NC(=O)c1ccccc1. The first-order chi connectivity index (χ1) is 10.1. The van der Waals surface area contributed by atoms with Crippen LogP contribution in [0.15, 0.2) is 54.6 Å². The third-order valence-corrected chi connectivity index (χ3v) is 2.97. The van der Waals surface area contributed by atoms with Gasteiger partial charge in [0, 0.05) is 16.8 Å². The summed E-state index contributed by atoms with van der Waals surface area (Å²) in [6.45, 7) is 0. The van der Waals surface area contributed by atoms with Crippen LogP contribution in [0, 0.1) is 11.3 Å². The van der Waals surface area contributed by atoms with Gasteiger partial charge in [0.25, 0.3) is 5.91 Å².